The number of nitrogens with zero attached hydrogens (tertiary/aromatic N) is 3. The first-order valence-electron chi connectivity index (χ1n) is 20.6. The highest BCUT2D eigenvalue weighted by molar-refractivity contribution is 5.94. The number of rotatable bonds is 11. The lowest BCUT2D eigenvalue weighted by Gasteiger charge is -2.30. The number of aromatic nitrogens is 2. The van der Waals surface area contributed by atoms with E-state index in [1.807, 2.05) is 121 Å². The van der Waals surface area contributed by atoms with Crippen LogP contribution in [0.25, 0.3) is 11.3 Å². The lowest BCUT2D eigenvalue weighted by molar-refractivity contribution is -0.142. The third-order valence-electron chi connectivity index (χ3n) is 11.6. The Hall–Kier alpha value is -6.51. The van der Waals surface area contributed by atoms with Crippen LogP contribution in [0.2, 0.25) is 0 Å². The molecule has 3 heterocycles. The van der Waals surface area contributed by atoms with Crippen molar-refractivity contribution in [2.75, 3.05) is 13.1 Å². The van der Waals surface area contributed by atoms with Crippen LogP contribution in [0.5, 0.6) is 0 Å². The first kappa shape index (κ1) is 39.3. The minimum atomic E-state index is -0.829. The number of hydrogen-bond donors (Lipinski definition) is 4. The standard InChI is InChI=1S/C48H49N7O4/c1-31(51-46(57)41-15-9-29-55(41)48(59)43(37-12-6-3-7-13-37)53-45(56)38-26-27-38)34-22-18-32(19-23-34)16-17-33-20-24-35(25-21-33)39-30-50-44(52-39)40-14-8-28-54(40)47(58)42(49)36-10-4-2-5-11-36/h2-7,10-13,18-25,30-31,38,40-43H,8-9,14-15,26-29,49H2,1H3,(H,50,52)(H,51,57)(H,53,56)/t31-,40+,41+,42-,43-/m1/s1. The molecule has 5 atom stereocenters. The number of nitrogens with two attached hydrogens (primary N) is 1. The number of likely N-dealkylation sites (tertiary alicyclic amines) is 2. The topological polar surface area (TPSA) is 154 Å². The number of amides is 4. The predicted octanol–water partition coefficient (Wildman–Crippen LogP) is 6.28. The van der Waals surface area contributed by atoms with Crippen LogP contribution in [0, 0.1) is 17.8 Å². The number of carbonyl (C=O) groups is 4. The molecule has 0 unspecified atom stereocenters. The number of H-pyrrole nitrogens is 1. The SMILES string of the molecule is C[C@@H](NC(=O)[C@@H]1CCCN1C(=O)[C@H](NC(=O)C1CC1)c1ccccc1)c1ccc(C#Cc2ccc(-c3cnc([C@@H]4CCCN4C(=O)[C@H](N)c4ccccc4)[nH]3)cc2)cc1. The van der Waals surface area contributed by atoms with E-state index in [2.05, 4.69) is 32.4 Å². The fourth-order valence-electron chi connectivity index (χ4n) is 8.08. The fraction of sp³-hybridized carbons (Fsp3) is 0.312. The highest BCUT2D eigenvalue weighted by Gasteiger charge is 2.40. The van der Waals surface area contributed by atoms with E-state index in [0.29, 0.717) is 31.5 Å². The molecule has 1 saturated carbocycles. The Bertz CT molecular complexity index is 2350. The Kier molecular flexibility index (Phi) is 11.7. The van der Waals surface area contributed by atoms with E-state index in [9.17, 15) is 19.2 Å². The van der Waals surface area contributed by atoms with E-state index in [1.54, 1.807) is 11.1 Å². The van der Waals surface area contributed by atoms with Crippen molar-refractivity contribution in [2.45, 2.75) is 75.7 Å². The Morgan fingerprint density at radius 1 is 0.695 bits per heavy atom. The van der Waals surface area contributed by atoms with Crippen molar-refractivity contribution in [2.24, 2.45) is 11.7 Å². The van der Waals surface area contributed by atoms with E-state index in [1.165, 1.54) is 0 Å². The van der Waals surface area contributed by atoms with Gasteiger partial charge in [0.2, 0.25) is 23.6 Å². The number of benzene rings is 4. The predicted molar refractivity (Wildman–Crippen MR) is 225 cm³/mol. The molecule has 0 spiro atoms. The van der Waals surface area contributed by atoms with Crippen LogP contribution >= 0.6 is 0 Å². The monoisotopic (exact) mass is 787 g/mol. The van der Waals surface area contributed by atoms with Crippen molar-refractivity contribution in [3.8, 4) is 23.1 Å². The molecule has 1 aliphatic carbocycles. The molecule has 2 saturated heterocycles. The van der Waals surface area contributed by atoms with Gasteiger partial charge in [0, 0.05) is 30.1 Å². The molecule has 8 rings (SSSR count). The summed E-state index contributed by atoms with van der Waals surface area (Å²) in [5, 5.41) is 6.08. The average molecular weight is 788 g/mol. The Labute approximate surface area is 344 Å². The van der Waals surface area contributed by atoms with Crippen LogP contribution in [-0.2, 0) is 19.2 Å². The molecular weight excluding hydrogens is 739 g/mol. The Morgan fingerprint density at radius 2 is 1.31 bits per heavy atom. The van der Waals surface area contributed by atoms with Gasteiger partial charge in [0.25, 0.3) is 0 Å². The van der Waals surface area contributed by atoms with Gasteiger partial charge >= 0.3 is 0 Å². The maximum Gasteiger partial charge on any atom is 0.250 e. The van der Waals surface area contributed by atoms with Crippen molar-refractivity contribution in [3.63, 3.8) is 0 Å². The number of hydrogen-bond acceptors (Lipinski definition) is 6. The summed E-state index contributed by atoms with van der Waals surface area (Å²) in [6, 6.07) is 31.9. The molecule has 0 radical (unpaired) electrons. The van der Waals surface area contributed by atoms with Gasteiger partial charge < -0.3 is 31.2 Å². The van der Waals surface area contributed by atoms with Gasteiger partial charge in [0.1, 0.15) is 23.9 Å². The van der Waals surface area contributed by atoms with Gasteiger partial charge in [0.15, 0.2) is 0 Å². The second-order valence-corrected chi connectivity index (χ2v) is 15.8. The summed E-state index contributed by atoms with van der Waals surface area (Å²) in [5.74, 6) is 6.52. The number of nitrogens with one attached hydrogen (secondary N) is 3. The molecule has 11 heteroatoms. The second kappa shape index (κ2) is 17.5. The van der Waals surface area contributed by atoms with Crippen molar-refractivity contribution >= 4 is 23.6 Å². The normalized spacial score (nSPS) is 18.9. The summed E-state index contributed by atoms with van der Waals surface area (Å²) >= 11 is 0. The molecule has 4 amide bonds. The highest BCUT2D eigenvalue weighted by Crippen LogP contribution is 2.34. The molecule has 1 aromatic heterocycles. The second-order valence-electron chi connectivity index (χ2n) is 15.8. The number of carbonyl (C=O) groups excluding carboxylic acids is 4. The summed E-state index contributed by atoms with van der Waals surface area (Å²) < 4.78 is 0. The zero-order valence-corrected chi connectivity index (χ0v) is 33.1. The molecule has 4 aromatic carbocycles. The van der Waals surface area contributed by atoms with Crippen LogP contribution in [0.3, 0.4) is 0 Å². The summed E-state index contributed by atoms with van der Waals surface area (Å²) in [6.07, 6.45) is 6.47. The zero-order valence-electron chi connectivity index (χ0n) is 33.1. The molecule has 300 valence electrons. The van der Waals surface area contributed by atoms with E-state index < -0.39 is 18.1 Å². The lowest BCUT2D eigenvalue weighted by Crippen LogP contribution is -2.50. The summed E-state index contributed by atoms with van der Waals surface area (Å²) in [6.45, 7) is 3.04. The molecule has 3 aliphatic rings. The van der Waals surface area contributed by atoms with Crippen LogP contribution in [-0.4, -0.2) is 62.5 Å². The molecule has 59 heavy (non-hydrogen) atoms. The summed E-state index contributed by atoms with van der Waals surface area (Å²) in [4.78, 5) is 65.2. The minimum absolute atomic E-state index is 0.0407. The van der Waals surface area contributed by atoms with E-state index in [0.717, 1.165) is 65.0 Å². The van der Waals surface area contributed by atoms with Crippen LogP contribution < -0.4 is 16.4 Å². The van der Waals surface area contributed by atoms with Crippen LogP contribution in [0.15, 0.2) is 115 Å². The van der Waals surface area contributed by atoms with Crippen LogP contribution in [0.1, 0.15) is 103 Å². The van der Waals surface area contributed by atoms with E-state index >= 15 is 0 Å². The maximum atomic E-state index is 13.9. The first-order chi connectivity index (χ1) is 28.7. The Morgan fingerprint density at radius 3 is 1.97 bits per heavy atom. The largest absolute Gasteiger partial charge is 0.348 e. The van der Waals surface area contributed by atoms with Crippen molar-refractivity contribution in [3.05, 3.63) is 149 Å². The van der Waals surface area contributed by atoms with Crippen molar-refractivity contribution in [1.82, 2.24) is 30.4 Å². The summed E-state index contributed by atoms with van der Waals surface area (Å²) in [5.41, 5.74) is 12.3. The van der Waals surface area contributed by atoms with Gasteiger partial charge in [-0.15, -0.1) is 0 Å². The Balaban J connectivity index is 0.861. The van der Waals surface area contributed by atoms with Gasteiger partial charge in [-0.3, -0.25) is 19.2 Å². The van der Waals surface area contributed by atoms with Gasteiger partial charge in [0.05, 0.1) is 24.0 Å². The molecule has 3 fully saturated rings. The molecule has 11 nitrogen and oxygen atoms in total. The molecular formula is C48H49N7O4. The van der Waals surface area contributed by atoms with Gasteiger partial charge in [-0.2, -0.15) is 0 Å². The molecule has 5 aromatic rings. The maximum absolute atomic E-state index is 13.9. The van der Waals surface area contributed by atoms with Gasteiger partial charge in [-0.1, -0.05) is 96.8 Å². The van der Waals surface area contributed by atoms with Crippen molar-refractivity contribution in [1.29, 1.82) is 0 Å². The van der Waals surface area contributed by atoms with E-state index in [-0.39, 0.29) is 41.6 Å². The average Bonchev–Trinajstić information content (AvgIpc) is 3.60. The quantitative estimate of drug-likeness (QED) is 0.116. The molecule has 0 bridgehead atoms. The third-order valence-corrected chi connectivity index (χ3v) is 11.6. The van der Waals surface area contributed by atoms with Gasteiger partial charge in [-0.05, 0) is 92.0 Å². The number of aromatic amines is 1. The number of imidazole rings is 1. The third kappa shape index (κ3) is 8.98. The summed E-state index contributed by atoms with van der Waals surface area (Å²) in [7, 11) is 0. The van der Waals surface area contributed by atoms with Crippen LogP contribution in [0.4, 0.5) is 0 Å². The smallest absolute Gasteiger partial charge is 0.250 e. The van der Waals surface area contributed by atoms with E-state index in [4.69, 9.17) is 5.73 Å². The zero-order chi connectivity index (χ0) is 40.9. The fourth-order valence-corrected chi connectivity index (χ4v) is 8.08. The lowest BCUT2D eigenvalue weighted by atomic mass is 10.0. The minimum Gasteiger partial charge on any atom is -0.348 e. The van der Waals surface area contributed by atoms with Gasteiger partial charge in [-0.25, -0.2) is 4.98 Å². The first-order valence-corrected chi connectivity index (χ1v) is 20.6. The van der Waals surface area contributed by atoms with Crippen molar-refractivity contribution < 1.29 is 19.2 Å². The highest BCUT2D eigenvalue weighted by atomic mass is 16.2. The molecule has 5 N–H and O–H groups in total. The molecule has 2 aliphatic heterocycles.